The first-order chi connectivity index (χ1) is 22.4. The van der Waals surface area contributed by atoms with Crippen molar-refractivity contribution in [2.75, 3.05) is 0 Å². The predicted octanol–water partition coefficient (Wildman–Crippen LogP) is 11.4. The third-order valence-corrected chi connectivity index (χ3v) is 7.64. The lowest BCUT2D eigenvalue weighted by atomic mass is 9.95. The minimum absolute atomic E-state index is 0.132. The van der Waals surface area contributed by atoms with Gasteiger partial charge in [-0.05, 0) is 71.0 Å². The molecule has 11 heteroatoms. The van der Waals surface area contributed by atoms with E-state index in [1.165, 1.54) is 12.1 Å². The Hall–Kier alpha value is -4.80. The zero-order valence-electron chi connectivity index (χ0n) is 24.6. The van der Waals surface area contributed by atoms with E-state index >= 15 is 13.2 Å². The summed E-state index contributed by atoms with van der Waals surface area (Å²) >= 11 is 0. The van der Waals surface area contributed by atoms with Crippen molar-refractivity contribution in [1.29, 1.82) is 0 Å². The lowest BCUT2D eigenvalue weighted by Gasteiger charge is -2.14. The van der Waals surface area contributed by atoms with E-state index in [-0.39, 0.29) is 11.1 Å². The molecular formula is C36H24F10O. The van der Waals surface area contributed by atoms with Crippen LogP contribution in [-0.2, 0) is 13.0 Å². The summed E-state index contributed by atoms with van der Waals surface area (Å²) in [7, 11) is 0. The monoisotopic (exact) mass is 662 g/mol. The Balaban J connectivity index is 1.38. The highest BCUT2D eigenvalue weighted by Crippen LogP contribution is 2.36. The molecule has 1 nitrogen and oxygen atoms in total. The van der Waals surface area contributed by atoms with Crippen molar-refractivity contribution in [3.05, 3.63) is 136 Å². The highest BCUT2D eigenvalue weighted by molar-refractivity contribution is 5.75. The smallest absolute Gasteiger partial charge is 0.207 e. The molecule has 0 aliphatic carbocycles. The average Bonchev–Trinajstić information content (AvgIpc) is 3.04. The maximum Gasteiger partial charge on any atom is 0.207 e. The summed E-state index contributed by atoms with van der Waals surface area (Å²) in [5.74, 6) is -19.9. The summed E-state index contributed by atoms with van der Waals surface area (Å²) in [6.45, 7) is 0.782. The number of unbranched alkanes of at least 4 members (excludes halogenated alkanes) is 2. The van der Waals surface area contributed by atoms with Crippen LogP contribution in [0, 0.1) is 58.2 Å². The molecule has 0 N–H and O–H groups in total. The SMILES string of the molecule is CCCCCc1ccc(-c2ccc(-c3cc(F)c(-c4cc(F)c(COc5c(F)c(F)c(F)c(F)c5F)c(F)c4)c(F)c3)c(F)c2)cc1. The lowest BCUT2D eigenvalue weighted by molar-refractivity contribution is 0.246. The standard InChI is InChI=1S/C36H24F10O/c1-2-3-4-5-18-6-8-19(9-7-18)20-10-11-23(25(37)12-20)21-13-28(40)30(29(41)14-21)22-15-26(38)24(27(39)16-22)17-47-36-34(45)32(43)31(42)33(44)35(36)46/h6-16H,2-5,17H2,1H3. The molecule has 0 saturated carbocycles. The number of benzene rings is 5. The maximum atomic E-state index is 15.2. The van der Waals surface area contributed by atoms with Gasteiger partial charge in [-0.15, -0.1) is 0 Å². The first-order valence-corrected chi connectivity index (χ1v) is 14.4. The highest BCUT2D eigenvalue weighted by Gasteiger charge is 2.28. The molecule has 0 atom stereocenters. The predicted molar refractivity (Wildman–Crippen MR) is 156 cm³/mol. The van der Waals surface area contributed by atoms with E-state index < -0.39 is 87.2 Å². The summed E-state index contributed by atoms with van der Waals surface area (Å²) in [4.78, 5) is 0. The number of ether oxygens (including phenoxy) is 1. The topological polar surface area (TPSA) is 9.23 Å². The summed E-state index contributed by atoms with van der Waals surface area (Å²) in [5.41, 5.74) is -0.405. The largest absolute Gasteiger partial charge is 0.482 e. The van der Waals surface area contributed by atoms with Gasteiger partial charge in [0.05, 0.1) is 11.1 Å². The van der Waals surface area contributed by atoms with Gasteiger partial charge < -0.3 is 4.74 Å². The zero-order chi connectivity index (χ0) is 34.0. The van der Waals surface area contributed by atoms with Gasteiger partial charge in [0, 0.05) is 5.56 Å². The van der Waals surface area contributed by atoms with E-state index in [4.69, 9.17) is 0 Å². The summed E-state index contributed by atoms with van der Waals surface area (Å²) in [6, 6.07) is 14.4. The summed E-state index contributed by atoms with van der Waals surface area (Å²) < 4.78 is 148. The fraction of sp³-hybridized carbons (Fsp3) is 0.167. The van der Waals surface area contributed by atoms with Gasteiger partial charge in [-0.1, -0.05) is 56.2 Å². The van der Waals surface area contributed by atoms with Gasteiger partial charge >= 0.3 is 0 Å². The highest BCUT2D eigenvalue weighted by atomic mass is 19.2. The molecule has 0 aromatic heterocycles. The Morgan fingerprint density at radius 2 is 1.00 bits per heavy atom. The van der Waals surface area contributed by atoms with Crippen LogP contribution in [0.2, 0.25) is 0 Å². The number of hydrogen-bond donors (Lipinski definition) is 0. The van der Waals surface area contributed by atoms with E-state index in [2.05, 4.69) is 11.7 Å². The van der Waals surface area contributed by atoms with Gasteiger partial charge in [0.25, 0.3) is 0 Å². The van der Waals surface area contributed by atoms with Crippen molar-refractivity contribution in [3.8, 4) is 39.1 Å². The van der Waals surface area contributed by atoms with Crippen molar-refractivity contribution in [2.45, 2.75) is 39.2 Å². The molecule has 5 rings (SSSR count). The molecule has 244 valence electrons. The van der Waals surface area contributed by atoms with Crippen LogP contribution in [0.5, 0.6) is 5.75 Å². The molecule has 0 aliphatic rings. The van der Waals surface area contributed by atoms with E-state index in [1.54, 1.807) is 6.07 Å². The minimum atomic E-state index is -2.46. The van der Waals surface area contributed by atoms with Gasteiger partial charge in [0.1, 0.15) is 35.7 Å². The molecule has 0 saturated heterocycles. The van der Waals surface area contributed by atoms with Crippen molar-refractivity contribution in [2.24, 2.45) is 0 Å². The molecule has 47 heavy (non-hydrogen) atoms. The van der Waals surface area contributed by atoms with E-state index in [9.17, 15) is 30.7 Å². The molecular weight excluding hydrogens is 638 g/mol. The van der Waals surface area contributed by atoms with Crippen LogP contribution >= 0.6 is 0 Å². The van der Waals surface area contributed by atoms with Crippen molar-refractivity contribution < 1.29 is 48.6 Å². The number of aryl methyl sites for hydroxylation is 1. The molecule has 0 aliphatic heterocycles. The van der Waals surface area contributed by atoms with Crippen molar-refractivity contribution >= 4 is 0 Å². The van der Waals surface area contributed by atoms with Crippen molar-refractivity contribution in [3.63, 3.8) is 0 Å². The van der Waals surface area contributed by atoms with Crippen LogP contribution in [0.4, 0.5) is 43.9 Å². The van der Waals surface area contributed by atoms with E-state index in [0.717, 1.165) is 48.9 Å². The normalized spacial score (nSPS) is 11.3. The third kappa shape index (κ3) is 6.84. The second kappa shape index (κ2) is 13.9. The maximum absolute atomic E-state index is 15.2. The fourth-order valence-corrected chi connectivity index (χ4v) is 5.12. The Morgan fingerprint density at radius 1 is 0.489 bits per heavy atom. The first-order valence-electron chi connectivity index (χ1n) is 14.4. The van der Waals surface area contributed by atoms with Gasteiger partial charge in [-0.25, -0.2) is 35.1 Å². The summed E-state index contributed by atoms with van der Waals surface area (Å²) in [5, 5.41) is 0. The quantitative estimate of drug-likeness (QED) is 0.0626. The average molecular weight is 663 g/mol. The second-order valence-corrected chi connectivity index (χ2v) is 10.8. The van der Waals surface area contributed by atoms with E-state index in [1.807, 2.05) is 24.3 Å². The Bertz CT molecular complexity index is 1880. The van der Waals surface area contributed by atoms with Crippen LogP contribution in [0.1, 0.15) is 37.3 Å². The van der Waals surface area contributed by atoms with Gasteiger partial charge in [-0.3, -0.25) is 0 Å². The Kier molecular flexibility index (Phi) is 9.93. The molecule has 5 aromatic rings. The molecule has 0 amide bonds. The van der Waals surface area contributed by atoms with Crippen LogP contribution < -0.4 is 4.74 Å². The number of hydrogen-bond acceptors (Lipinski definition) is 1. The molecule has 0 radical (unpaired) electrons. The van der Waals surface area contributed by atoms with Crippen LogP contribution in [-0.4, -0.2) is 0 Å². The number of rotatable bonds is 10. The van der Waals surface area contributed by atoms with Gasteiger partial charge in [-0.2, -0.15) is 8.78 Å². The van der Waals surface area contributed by atoms with Crippen LogP contribution in [0.25, 0.3) is 33.4 Å². The van der Waals surface area contributed by atoms with Crippen molar-refractivity contribution in [1.82, 2.24) is 0 Å². The molecule has 0 spiro atoms. The Morgan fingerprint density at radius 3 is 1.55 bits per heavy atom. The fourth-order valence-electron chi connectivity index (χ4n) is 5.12. The molecule has 0 unspecified atom stereocenters. The van der Waals surface area contributed by atoms with Gasteiger partial charge in [0.15, 0.2) is 5.75 Å². The lowest BCUT2D eigenvalue weighted by Crippen LogP contribution is -2.09. The van der Waals surface area contributed by atoms with Crippen LogP contribution in [0.3, 0.4) is 0 Å². The second-order valence-electron chi connectivity index (χ2n) is 10.8. The summed E-state index contributed by atoms with van der Waals surface area (Å²) in [6.07, 6.45) is 4.21. The molecule has 0 bridgehead atoms. The molecule has 5 aromatic carbocycles. The number of halogens is 10. The Labute approximate surface area is 263 Å². The van der Waals surface area contributed by atoms with Gasteiger partial charge in [0.2, 0.25) is 29.1 Å². The van der Waals surface area contributed by atoms with E-state index in [0.29, 0.717) is 17.7 Å². The van der Waals surface area contributed by atoms with Crippen LogP contribution in [0.15, 0.2) is 66.7 Å². The molecule has 0 heterocycles. The first kappa shape index (κ1) is 33.6. The zero-order valence-corrected chi connectivity index (χ0v) is 24.6. The molecule has 0 fully saturated rings. The minimum Gasteiger partial charge on any atom is -0.482 e. The third-order valence-electron chi connectivity index (χ3n) is 7.64.